The van der Waals surface area contributed by atoms with E-state index in [-0.39, 0.29) is 0 Å². The second kappa shape index (κ2) is 6.87. The quantitative estimate of drug-likeness (QED) is 0.565. The fourth-order valence-electron chi connectivity index (χ4n) is 1.16. The Morgan fingerprint density at radius 1 is 1.58 bits per heavy atom. The average molecular weight is 166 g/mol. The molecule has 0 spiro atoms. The van der Waals surface area contributed by atoms with Crippen molar-refractivity contribution in [1.29, 1.82) is 5.26 Å². The van der Waals surface area contributed by atoms with Crippen LogP contribution in [0.5, 0.6) is 0 Å². The van der Waals surface area contributed by atoms with E-state index in [1.165, 1.54) is 0 Å². The lowest BCUT2D eigenvalue weighted by Gasteiger charge is -2.21. The first-order valence-electron chi connectivity index (χ1n) is 4.41. The maximum atomic E-state index is 8.41. The van der Waals surface area contributed by atoms with Gasteiger partial charge in [-0.3, -0.25) is 4.90 Å². The van der Waals surface area contributed by atoms with Gasteiger partial charge in [0.1, 0.15) is 0 Å². The SMILES string of the molecule is C=CCN(CCC#N)CC(C)C. The molecular weight excluding hydrogens is 148 g/mol. The molecular formula is C10H18N2. The smallest absolute Gasteiger partial charge is 0.0635 e. The van der Waals surface area contributed by atoms with E-state index in [4.69, 9.17) is 5.26 Å². The van der Waals surface area contributed by atoms with Crippen LogP contribution in [-0.2, 0) is 0 Å². The van der Waals surface area contributed by atoms with Crippen LogP contribution in [0.25, 0.3) is 0 Å². The summed E-state index contributed by atoms with van der Waals surface area (Å²) < 4.78 is 0. The Kier molecular flexibility index (Phi) is 6.41. The molecule has 0 radical (unpaired) electrons. The lowest BCUT2D eigenvalue weighted by Crippen LogP contribution is -2.28. The lowest BCUT2D eigenvalue weighted by molar-refractivity contribution is 0.274. The molecule has 0 aliphatic rings. The maximum absolute atomic E-state index is 8.41. The molecule has 2 heteroatoms. The van der Waals surface area contributed by atoms with Crippen molar-refractivity contribution in [2.24, 2.45) is 5.92 Å². The highest BCUT2D eigenvalue weighted by Crippen LogP contribution is 1.99. The van der Waals surface area contributed by atoms with E-state index in [9.17, 15) is 0 Å². The molecule has 2 nitrogen and oxygen atoms in total. The Hall–Kier alpha value is -0.810. The van der Waals surface area contributed by atoms with Crippen LogP contribution in [0.4, 0.5) is 0 Å². The molecule has 12 heavy (non-hydrogen) atoms. The molecule has 0 fully saturated rings. The predicted molar refractivity (Wildman–Crippen MR) is 51.7 cm³/mol. The zero-order valence-corrected chi connectivity index (χ0v) is 8.08. The Bertz CT molecular complexity index is 156. The van der Waals surface area contributed by atoms with Gasteiger partial charge in [-0.2, -0.15) is 5.26 Å². The van der Waals surface area contributed by atoms with E-state index in [0.29, 0.717) is 12.3 Å². The fourth-order valence-corrected chi connectivity index (χ4v) is 1.16. The third-order valence-electron chi connectivity index (χ3n) is 1.55. The molecule has 0 N–H and O–H groups in total. The van der Waals surface area contributed by atoms with Gasteiger partial charge in [-0.1, -0.05) is 19.9 Å². The van der Waals surface area contributed by atoms with E-state index in [1.54, 1.807) is 0 Å². The summed E-state index contributed by atoms with van der Waals surface area (Å²) in [5, 5.41) is 8.41. The van der Waals surface area contributed by atoms with E-state index in [0.717, 1.165) is 19.6 Å². The van der Waals surface area contributed by atoms with Crippen LogP contribution in [0.1, 0.15) is 20.3 Å². The van der Waals surface area contributed by atoms with Crippen molar-refractivity contribution in [3.63, 3.8) is 0 Å². The van der Waals surface area contributed by atoms with Crippen LogP contribution in [0.3, 0.4) is 0 Å². The van der Waals surface area contributed by atoms with Gasteiger partial charge in [0, 0.05) is 26.1 Å². The predicted octanol–water partition coefficient (Wildman–Crippen LogP) is 2.04. The minimum absolute atomic E-state index is 0.612. The second-order valence-electron chi connectivity index (χ2n) is 3.35. The molecule has 68 valence electrons. The van der Waals surface area contributed by atoms with Crippen molar-refractivity contribution in [2.45, 2.75) is 20.3 Å². The van der Waals surface area contributed by atoms with Crippen molar-refractivity contribution >= 4 is 0 Å². The standard InChI is InChI=1S/C10H18N2/c1-4-7-12(8-5-6-11)9-10(2)3/h4,10H,1,5,7-9H2,2-3H3. The number of hydrogen-bond acceptors (Lipinski definition) is 2. The van der Waals surface area contributed by atoms with Crippen LogP contribution < -0.4 is 0 Å². The van der Waals surface area contributed by atoms with Crippen molar-refractivity contribution in [2.75, 3.05) is 19.6 Å². The van der Waals surface area contributed by atoms with Crippen LogP contribution in [0, 0.1) is 17.2 Å². The fraction of sp³-hybridized carbons (Fsp3) is 0.700. The molecule has 0 saturated carbocycles. The Labute approximate surface area is 75.5 Å². The van der Waals surface area contributed by atoms with E-state index < -0.39 is 0 Å². The molecule has 0 heterocycles. The van der Waals surface area contributed by atoms with Gasteiger partial charge in [0.15, 0.2) is 0 Å². The number of nitrogens with zero attached hydrogens (tertiary/aromatic N) is 2. The van der Waals surface area contributed by atoms with Crippen molar-refractivity contribution < 1.29 is 0 Å². The molecule has 0 bridgehead atoms. The zero-order valence-electron chi connectivity index (χ0n) is 8.08. The molecule has 0 rings (SSSR count). The summed E-state index contributed by atoms with van der Waals surface area (Å²) in [5.74, 6) is 0.656. The van der Waals surface area contributed by atoms with E-state index >= 15 is 0 Å². The summed E-state index contributed by atoms with van der Waals surface area (Å²) in [6, 6.07) is 2.15. The average Bonchev–Trinajstić information content (AvgIpc) is 2.00. The minimum atomic E-state index is 0.612. The van der Waals surface area contributed by atoms with Crippen molar-refractivity contribution in [3.8, 4) is 6.07 Å². The normalized spacial score (nSPS) is 10.2. The summed E-state index contributed by atoms with van der Waals surface area (Å²) in [5.41, 5.74) is 0. The summed E-state index contributed by atoms with van der Waals surface area (Å²) in [4.78, 5) is 2.25. The first-order valence-corrected chi connectivity index (χ1v) is 4.41. The second-order valence-corrected chi connectivity index (χ2v) is 3.35. The molecule has 0 aromatic heterocycles. The van der Waals surface area contributed by atoms with Gasteiger partial charge in [0.2, 0.25) is 0 Å². The van der Waals surface area contributed by atoms with Crippen LogP contribution in [-0.4, -0.2) is 24.5 Å². The first kappa shape index (κ1) is 11.2. The highest BCUT2D eigenvalue weighted by atomic mass is 15.1. The molecule has 0 aliphatic heterocycles. The van der Waals surface area contributed by atoms with Crippen LogP contribution >= 0.6 is 0 Å². The van der Waals surface area contributed by atoms with Crippen molar-refractivity contribution in [1.82, 2.24) is 4.90 Å². The van der Waals surface area contributed by atoms with Gasteiger partial charge in [0.25, 0.3) is 0 Å². The molecule has 0 atom stereocenters. The third kappa shape index (κ3) is 5.94. The number of hydrogen-bond donors (Lipinski definition) is 0. The summed E-state index contributed by atoms with van der Waals surface area (Å²) in [6.45, 7) is 10.9. The molecule has 0 aliphatic carbocycles. The van der Waals surface area contributed by atoms with Crippen LogP contribution in [0.2, 0.25) is 0 Å². The van der Waals surface area contributed by atoms with Gasteiger partial charge in [-0.25, -0.2) is 0 Å². The summed E-state index contributed by atoms with van der Waals surface area (Å²) in [6.07, 6.45) is 2.50. The number of nitriles is 1. The largest absolute Gasteiger partial charge is 0.298 e. The van der Waals surface area contributed by atoms with Gasteiger partial charge in [-0.05, 0) is 5.92 Å². The molecule has 0 unspecified atom stereocenters. The first-order chi connectivity index (χ1) is 5.70. The Balaban J connectivity index is 3.70. The summed E-state index contributed by atoms with van der Waals surface area (Å²) in [7, 11) is 0. The van der Waals surface area contributed by atoms with Gasteiger partial charge >= 0.3 is 0 Å². The van der Waals surface area contributed by atoms with E-state index in [2.05, 4.69) is 31.4 Å². The summed E-state index contributed by atoms with van der Waals surface area (Å²) >= 11 is 0. The third-order valence-corrected chi connectivity index (χ3v) is 1.55. The highest BCUT2D eigenvalue weighted by Gasteiger charge is 2.03. The van der Waals surface area contributed by atoms with Gasteiger partial charge < -0.3 is 0 Å². The van der Waals surface area contributed by atoms with Gasteiger partial charge in [-0.15, -0.1) is 6.58 Å². The minimum Gasteiger partial charge on any atom is -0.298 e. The lowest BCUT2D eigenvalue weighted by atomic mass is 10.2. The number of rotatable bonds is 6. The van der Waals surface area contributed by atoms with Crippen molar-refractivity contribution in [3.05, 3.63) is 12.7 Å². The molecule has 0 saturated heterocycles. The van der Waals surface area contributed by atoms with Gasteiger partial charge in [0.05, 0.1) is 6.07 Å². The monoisotopic (exact) mass is 166 g/mol. The van der Waals surface area contributed by atoms with E-state index in [1.807, 2.05) is 6.08 Å². The molecule has 0 amide bonds. The Morgan fingerprint density at radius 2 is 2.25 bits per heavy atom. The van der Waals surface area contributed by atoms with Crippen LogP contribution in [0.15, 0.2) is 12.7 Å². The topological polar surface area (TPSA) is 27.0 Å². The maximum Gasteiger partial charge on any atom is 0.0635 e. The molecule has 0 aromatic rings. The zero-order chi connectivity index (χ0) is 9.40. The molecule has 0 aromatic carbocycles. The Morgan fingerprint density at radius 3 is 2.67 bits per heavy atom. The highest BCUT2D eigenvalue weighted by molar-refractivity contribution is 4.78.